The van der Waals surface area contributed by atoms with E-state index in [1.165, 1.54) is 5.56 Å². The van der Waals surface area contributed by atoms with Crippen molar-refractivity contribution < 1.29 is 9.53 Å². The molecule has 2 N–H and O–H groups in total. The zero-order chi connectivity index (χ0) is 21.4. The van der Waals surface area contributed by atoms with E-state index in [-0.39, 0.29) is 16.9 Å². The van der Waals surface area contributed by atoms with Crippen LogP contribution >= 0.6 is 0 Å². The maximum absolute atomic E-state index is 12.7. The lowest BCUT2D eigenvalue weighted by atomic mass is 9.65. The quantitative estimate of drug-likeness (QED) is 0.776. The Morgan fingerprint density at radius 3 is 2.41 bits per heavy atom. The lowest BCUT2D eigenvalue weighted by Gasteiger charge is -2.51. The number of amides is 1. The lowest BCUT2D eigenvalue weighted by molar-refractivity contribution is -0.117. The van der Waals surface area contributed by atoms with Gasteiger partial charge in [-0.3, -0.25) is 4.79 Å². The van der Waals surface area contributed by atoms with Gasteiger partial charge in [-0.15, -0.1) is 0 Å². The maximum Gasteiger partial charge on any atom is 0.224 e. The number of carbonyl (C=O) groups is 1. The molecule has 0 aliphatic carbocycles. The maximum atomic E-state index is 12.7. The van der Waals surface area contributed by atoms with Gasteiger partial charge in [0.15, 0.2) is 0 Å². The summed E-state index contributed by atoms with van der Waals surface area (Å²) in [7, 11) is 4.01. The summed E-state index contributed by atoms with van der Waals surface area (Å²) in [5.74, 6) is 0.653. The highest BCUT2D eigenvalue weighted by atomic mass is 16.5. The third-order valence-electron chi connectivity index (χ3n) is 5.88. The fourth-order valence-electron chi connectivity index (χ4n) is 4.70. The molecule has 1 amide bonds. The smallest absolute Gasteiger partial charge is 0.224 e. The Labute approximate surface area is 174 Å². The van der Waals surface area contributed by atoms with Crippen LogP contribution in [0.3, 0.4) is 0 Å². The Kier molecular flexibility index (Phi) is 5.63. The number of benzene rings is 2. The summed E-state index contributed by atoms with van der Waals surface area (Å²) in [6.07, 6.45) is 0.802. The number of ether oxygens (including phenoxy) is 1. The molecule has 5 heteroatoms. The fraction of sp³-hybridized carbons (Fsp3) is 0.458. The normalized spacial score (nSPS) is 20.4. The van der Waals surface area contributed by atoms with Gasteiger partial charge in [0, 0.05) is 30.5 Å². The standard InChI is InChI=1S/C24H33N3O2/c1-17(28)27-21-15-22(29-13-12-26(5)6)20(25)14-19(21)24(4,16-23(27,2)3)18-10-8-7-9-11-18/h7-11,14-15H,12-13,16,25H2,1-6H3. The second-order valence-electron chi connectivity index (χ2n) is 9.10. The number of carbonyl (C=O) groups excluding carboxylic acids is 1. The minimum atomic E-state index is -0.347. The van der Waals surface area contributed by atoms with Crippen LogP contribution in [0.1, 0.15) is 45.2 Å². The minimum absolute atomic E-state index is 0.0235. The van der Waals surface area contributed by atoms with Gasteiger partial charge < -0.3 is 20.3 Å². The summed E-state index contributed by atoms with van der Waals surface area (Å²) in [4.78, 5) is 16.6. The lowest BCUT2D eigenvalue weighted by Crippen LogP contribution is -2.55. The number of nitrogens with two attached hydrogens (primary N) is 1. The molecule has 0 saturated carbocycles. The van der Waals surface area contributed by atoms with E-state index in [1.54, 1.807) is 6.92 Å². The van der Waals surface area contributed by atoms with Crippen molar-refractivity contribution in [1.29, 1.82) is 0 Å². The Morgan fingerprint density at radius 2 is 1.83 bits per heavy atom. The molecule has 2 aromatic carbocycles. The van der Waals surface area contributed by atoms with Crippen molar-refractivity contribution in [1.82, 2.24) is 4.90 Å². The van der Waals surface area contributed by atoms with Crippen LogP contribution in [0.15, 0.2) is 42.5 Å². The van der Waals surface area contributed by atoms with Crippen molar-refractivity contribution in [3.8, 4) is 5.75 Å². The molecular weight excluding hydrogens is 362 g/mol. The first-order valence-corrected chi connectivity index (χ1v) is 10.1. The van der Waals surface area contributed by atoms with E-state index in [2.05, 4.69) is 49.9 Å². The monoisotopic (exact) mass is 395 g/mol. The molecule has 1 aliphatic rings. The van der Waals surface area contributed by atoms with Crippen molar-refractivity contribution in [2.75, 3.05) is 37.9 Å². The summed E-state index contributed by atoms with van der Waals surface area (Å²) in [6.45, 7) is 9.45. The van der Waals surface area contributed by atoms with Crippen LogP contribution in [0.25, 0.3) is 0 Å². The van der Waals surface area contributed by atoms with Gasteiger partial charge in [-0.25, -0.2) is 0 Å². The minimum Gasteiger partial charge on any atom is -0.490 e. The SMILES string of the molecule is CC(=O)N1c2cc(OCCN(C)C)c(N)cc2C(C)(c2ccccc2)CC1(C)C. The van der Waals surface area contributed by atoms with Crippen LogP contribution in [0.5, 0.6) is 5.75 Å². The van der Waals surface area contributed by atoms with Gasteiger partial charge in [0.05, 0.1) is 11.4 Å². The van der Waals surface area contributed by atoms with Crippen LogP contribution in [0.4, 0.5) is 11.4 Å². The highest BCUT2D eigenvalue weighted by Gasteiger charge is 2.47. The van der Waals surface area contributed by atoms with Crippen LogP contribution < -0.4 is 15.4 Å². The van der Waals surface area contributed by atoms with Crippen LogP contribution in [-0.2, 0) is 10.2 Å². The third kappa shape index (κ3) is 3.97. The number of anilines is 2. The third-order valence-corrected chi connectivity index (χ3v) is 5.88. The number of fused-ring (bicyclic) bond motifs is 1. The van der Waals surface area contributed by atoms with E-state index in [0.717, 1.165) is 24.2 Å². The molecule has 5 nitrogen and oxygen atoms in total. The van der Waals surface area contributed by atoms with Crippen LogP contribution in [0, 0.1) is 0 Å². The van der Waals surface area contributed by atoms with E-state index in [9.17, 15) is 4.79 Å². The summed E-state index contributed by atoms with van der Waals surface area (Å²) in [6, 6.07) is 14.4. The van der Waals surface area contributed by atoms with Gasteiger partial charge in [-0.1, -0.05) is 37.3 Å². The van der Waals surface area contributed by atoms with Gasteiger partial charge in [-0.05, 0) is 51.6 Å². The highest BCUT2D eigenvalue weighted by molar-refractivity contribution is 5.96. The zero-order valence-corrected chi connectivity index (χ0v) is 18.5. The molecule has 1 aliphatic heterocycles. The summed E-state index contributed by atoms with van der Waals surface area (Å²) >= 11 is 0. The number of hydrogen-bond acceptors (Lipinski definition) is 4. The van der Waals surface area contributed by atoms with Crippen molar-refractivity contribution in [2.24, 2.45) is 0 Å². The fourth-order valence-corrected chi connectivity index (χ4v) is 4.70. The summed E-state index contributed by atoms with van der Waals surface area (Å²) < 4.78 is 5.98. The molecule has 0 spiro atoms. The first-order valence-electron chi connectivity index (χ1n) is 10.1. The van der Waals surface area contributed by atoms with E-state index in [0.29, 0.717) is 18.0 Å². The molecule has 29 heavy (non-hydrogen) atoms. The molecule has 2 aromatic rings. The molecule has 3 rings (SSSR count). The topological polar surface area (TPSA) is 58.8 Å². The predicted molar refractivity (Wildman–Crippen MR) is 120 cm³/mol. The number of rotatable bonds is 5. The van der Waals surface area contributed by atoms with E-state index < -0.39 is 0 Å². The first kappa shape index (κ1) is 21.2. The Morgan fingerprint density at radius 1 is 1.17 bits per heavy atom. The molecule has 0 fully saturated rings. The van der Waals surface area contributed by atoms with Crippen molar-refractivity contribution >= 4 is 17.3 Å². The largest absolute Gasteiger partial charge is 0.490 e. The second kappa shape index (κ2) is 7.71. The van der Waals surface area contributed by atoms with Crippen molar-refractivity contribution in [3.05, 3.63) is 53.6 Å². The van der Waals surface area contributed by atoms with Crippen LogP contribution in [-0.4, -0.2) is 43.6 Å². The molecule has 0 aromatic heterocycles. The van der Waals surface area contributed by atoms with Crippen LogP contribution in [0.2, 0.25) is 0 Å². The Hall–Kier alpha value is -2.53. The summed E-state index contributed by atoms with van der Waals surface area (Å²) in [5.41, 5.74) is 9.57. The van der Waals surface area contributed by atoms with Gasteiger partial charge in [0.25, 0.3) is 0 Å². The molecule has 1 atom stereocenters. The molecule has 0 saturated heterocycles. The van der Waals surface area contributed by atoms with E-state index >= 15 is 0 Å². The van der Waals surface area contributed by atoms with Crippen molar-refractivity contribution in [2.45, 2.75) is 45.1 Å². The average molecular weight is 396 g/mol. The van der Waals surface area contributed by atoms with Gasteiger partial charge >= 0.3 is 0 Å². The van der Waals surface area contributed by atoms with E-state index in [4.69, 9.17) is 10.5 Å². The first-order chi connectivity index (χ1) is 13.6. The van der Waals surface area contributed by atoms with E-state index in [1.807, 2.05) is 37.2 Å². The Balaban J connectivity index is 2.17. The second-order valence-corrected chi connectivity index (χ2v) is 9.10. The summed E-state index contributed by atoms with van der Waals surface area (Å²) in [5, 5.41) is 0. The predicted octanol–water partition coefficient (Wildman–Crippen LogP) is 4.05. The van der Waals surface area contributed by atoms with Crippen molar-refractivity contribution in [3.63, 3.8) is 0 Å². The molecule has 1 heterocycles. The number of likely N-dealkylation sites (N-methyl/N-ethyl adjacent to an activating group) is 1. The van der Waals surface area contributed by atoms with Gasteiger partial charge in [0.2, 0.25) is 5.91 Å². The number of nitrogens with zero attached hydrogens (tertiary/aromatic N) is 2. The molecule has 156 valence electrons. The highest BCUT2D eigenvalue weighted by Crippen LogP contribution is 2.52. The zero-order valence-electron chi connectivity index (χ0n) is 18.5. The molecule has 1 unspecified atom stereocenters. The van der Waals surface area contributed by atoms with Gasteiger partial charge in [0.1, 0.15) is 12.4 Å². The molecular formula is C24H33N3O2. The molecule has 0 radical (unpaired) electrons. The van der Waals surface area contributed by atoms with Gasteiger partial charge in [-0.2, -0.15) is 0 Å². The molecule has 0 bridgehead atoms. The Bertz CT molecular complexity index is 892. The number of nitrogen functional groups attached to an aromatic ring is 1. The average Bonchev–Trinajstić information content (AvgIpc) is 2.62. The number of hydrogen-bond donors (Lipinski definition) is 1.